The first-order valence-corrected chi connectivity index (χ1v) is 14.6. The molecule has 2 heterocycles. The molecule has 5 N–H and O–H groups in total. The number of thiophene rings is 1. The number of hydrogen-bond donors (Lipinski definition) is 5. The fourth-order valence-corrected chi connectivity index (χ4v) is 5.73. The Kier molecular flexibility index (Phi) is 8.73. The summed E-state index contributed by atoms with van der Waals surface area (Å²) >= 11 is 2.92. The monoisotopic (exact) mass is 572 g/mol. The van der Waals surface area contributed by atoms with Crippen LogP contribution < -0.4 is 15.4 Å². The molecule has 0 fully saturated rings. The zero-order valence-corrected chi connectivity index (χ0v) is 22.2. The lowest BCUT2D eigenvalue weighted by Crippen LogP contribution is -2.48. The predicted molar refractivity (Wildman–Crippen MR) is 147 cm³/mol. The van der Waals surface area contributed by atoms with E-state index in [4.69, 9.17) is 9.54 Å². The van der Waals surface area contributed by atoms with Crippen molar-refractivity contribution in [2.75, 3.05) is 4.72 Å². The third kappa shape index (κ3) is 7.86. The SMILES string of the molecule is O=C(O)N[C@@H](Cc1ccccc1)C(=O)N[C@@H](Cc1ccc(NS(=O)(=O)O)cc1)c1nc(-c2ccsc2)cs1. The van der Waals surface area contributed by atoms with Gasteiger partial charge in [-0.25, -0.2) is 9.78 Å². The summed E-state index contributed by atoms with van der Waals surface area (Å²) in [4.78, 5) is 29.5. The lowest BCUT2D eigenvalue weighted by Gasteiger charge is -2.22. The molecule has 4 rings (SSSR count). The van der Waals surface area contributed by atoms with E-state index in [0.717, 1.165) is 22.4 Å². The van der Waals surface area contributed by atoms with Crippen LogP contribution in [0.15, 0.2) is 76.8 Å². The van der Waals surface area contributed by atoms with E-state index in [1.165, 1.54) is 23.5 Å². The van der Waals surface area contributed by atoms with E-state index in [0.29, 0.717) is 11.4 Å². The Hall–Kier alpha value is -3.78. The summed E-state index contributed by atoms with van der Waals surface area (Å²) in [5, 5.41) is 21.1. The molecule has 4 aromatic rings. The molecule has 198 valence electrons. The Labute approximate surface area is 227 Å². The van der Waals surface area contributed by atoms with Crippen LogP contribution in [0.5, 0.6) is 0 Å². The second kappa shape index (κ2) is 12.2. The lowest BCUT2D eigenvalue weighted by molar-refractivity contribution is -0.123. The quantitative estimate of drug-likeness (QED) is 0.167. The normalized spacial score (nSPS) is 12.9. The maximum absolute atomic E-state index is 13.3. The maximum atomic E-state index is 13.3. The Morgan fingerprint density at radius 1 is 0.921 bits per heavy atom. The van der Waals surface area contributed by atoms with Crippen LogP contribution in [-0.2, 0) is 27.9 Å². The van der Waals surface area contributed by atoms with Gasteiger partial charge in [-0.15, -0.1) is 11.3 Å². The number of amides is 2. The van der Waals surface area contributed by atoms with E-state index >= 15 is 0 Å². The minimum Gasteiger partial charge on any atom is -0.465 e. The number of anilines is 1. The van der Waals surface area contributed by atoms with Crippen molar-refractivity contribution in [3.05, 3.63) is 92.9 Å². The van der Waals surface area contributed by atoms with Gasteiger partial charge < -0.3 is 15.7 Å². The fourth-order valence-electron chi connectivity index (χ4n) is 3.76. The van der Waals surface area contributed by atoms with Gasteiger partial charge in [-0.1, -0.05) is 42.5 Å². The first-order chi connectivity index (χ1) is 18.2. The van der Waals surface area contributed by atoms with Crippen molar-refractivity contribution in [1.29, 1.82) is 0 Å². The first-order valence-electron chi connectivity index (χ1n) is 11.3. The number of carboxylic acid groups (broad SMARTS) is 1. The molecule has 0 saturated carbocycles. The second-order valence-electron chi connectivity index (χ2n) is 8.31. The predicted octanol–water partition coefficient (Wildman–Crippen LogP) is 4.37. The van der Waals surface area contributed by atoms with E-state index in [-0.39, 0.29) is 12.1 Å². The number of carbonyl (C=O) groups is 2. The van der Waals surface area contributed by atoms with Gasteiger partial charge >= 0.3 is 16.4 Å². The third-order valence-electron chi connectivity index (χ3n) is 5.49. The molecule has 13 heteroatoms. The molecule has 0 saturated heterocycles. The highest BCUT2D eigenvalue weighted by Crippen LogP contribution is 2.29. The van der Waals surface area contributed by atoms with Crippen molar-refractivity contribution in [2.24, 2.45) is 0 Å². The molecule has 0 aliphatic heterocycles. The standard InChI is InChI=1S/C25H24N4O6S3/c30-23(20(28-25(31)32)12-16-4-2-1-3-5-16)26-21(24-27-22(15-37-24)18-10-11-36-14-18)13-17-6-8-19(9-7-17)29-38(33,34)35/h1-11,14-15,20-21,28-29H,12-13H2,(H,26,30)(H,31,32)(H,33,34,35)/t20-,21-/m0/s1. The van der Waals surface area contributed by atoms with Crippen LogP contribution in [0, 0.1) is 0 Å². The number of aromatic nitrogens is 1. The topological polar surface area (TPSA) is 158 Å². The highest BCUT2D eigenvalue weighted by molar-refractivity contribution is 7.87. The molecule has 2 aromatic carbocycles. The van der Waals surface area contributed by atoms with Crippen molar-refractivity contribution >= 4 is 50.7 Å². The first kappa shape index (κ1) is 27.3. The van der Waals surface area contributed by atoms with Gasteiger partial charge in [0.15, 0.2) is 0 Å². The summed E-state index contributed by atoms with van der Waals surface area (Å²) in [5.41, 5.74) is 3.46. The molecule has 2 aromatic heterocycles. The summed E-state index contributed by atoms with van der Waals surface area (Å²) in [6, 6.07) is 15.7. The van der Waals surface area contributed by atoms with Crippen LogP contribution in [0.4, 0.5) is 10.5 Å². The van der Waals surface area contributed by atoms with Gasteiger partial charge in [-0.2, -0.15) is 19.8 Å². The zero-order valence-electron chi connectivity index (χ0n) is 19.8. The summed E-state index contributed by atoms with van der Waals surface area (Å²) in [5.74, 6) is -0.502. The van der Waals surface area contributed by atoms with E-state index in [1.807, 2.05) is 57.3 Å². The van der Waals surface area contributed by atoms with E-state index < -0.39 is 34.4 Å². The number of carbonyl (C=O) groups excluding carboxylic acids is 1. The molecule has 0 spiro atoms. The van der Waals surface area contributed by atoms with Crippen LogP contribution in [0.25, 0.3) is 11.3 Å². The highest BCUT2D eigenvalue weighted by Gasteiger charge is 2.26. The minimum absolute atomic E-state index is 0.166. The van der Waals surface area contributed by atoms with Crippen molar-refractivity contribution < 1.29 is 27.7 Å². The molecule has 0 aliphatic carbocycles. The van der Waals surface area contributed by atoms with Crippen molar-refractivity contribution in [3.63, 3.8) is 0 Å². The van der Waals surface area contributed by atoms with Crippen molar-refractivity contribution in [3.8, 4) is 11.3 Å². The minimum atomic E-state index is -4.41. The van der Waals surface area contributed by atoms with Crippen LogP contribution in [0.3, 0.4) is 0 Å². The Morgan fingerprint density at radius 2 is 1.63 bits per heavy atom. The summed E-state index contributed by atoms with van der Waals surface area (Å²) in [6.45, 7) is 0. The van der Waals surface area contributed by atoms with Crippen molar-refractivity contribution in [1.82, 2.24) is 15.6 Å². The highest BCUT2D eigenvalue weighted by atomic mass is 32.2. The van der Waals surface area contributed by atoms with Crippen LogP contribution >= 0.6 is 22.7 Å². The number of thiazole rings is 1. The summed E-state index contributed by atoms with van der Waals surface area (Å²) in [6.07, 6.45) is -0.840. The Bertz CT molecular complexity index is 1470. The summed E-state index contributed by atoms with van der Waals surface area (Å²) < 4.78 is 33.1. The average Bonchev–Trinajstić information content (AvgIpc) is 3.56. The molecule has 2 amide bonds. The molecule has 38 heavy (non-hydrogen) atoms. The van der Waals surface area contributed by atoms with Crippen LogP contribution in [-0.4, -0.2) is 41.1 Å². The van der Waals surface area contributed by atoms with E-state index in [2.05, 4.69) is 10.6 Å². The van der Waals surface area contributed by atoms with Crippen LogP contribution in [0.2, 0.25) is 0 Å². The Morgan fingerprint density at radius 3 is 2.26 bits per heavy atom. The third-order valence-corrected chi connectivity index (χ3v) is 7.63. The van der Waals surface area contributed by atoms with Gasteiger partial charge in [0, 0.05) is 22.7 Å². The number of rotatable bonds is 11. The summed E-state index contributed by atoms with van der Waals surface area (Å²) in [7, 11) is -4.41. The molecule has 2 atom stereocenters. The lowest BCUT2D eigenvalue weighted by atomic mass is 10.0. The molecule has 0 radical (unpaired) electrons. The number of nitrogens with zero attached hydrogens (tertiary/aromatic N) is 1. The van der Waals surface area contributed by atoms with Gasteiger partial charge in [-0.05, 0) is 41.1 Å². The van der Waals surface area contributed by atoms with E-state index in [9.17, 15) is 23.1 Å². The number of nitrogens with one attached hydrogen (secondary N) is 3. The molecular formula is C25H24N4O6S3. The largest absolute Gasteiger partial charge is 0.465 e. The van der Waals surface area contributed by atoms with Gasteiger partial charge in [0.2, 0.25) is 5.91 Å². The smallest absolute Gasteiger partial charge is 0.405 e. The van der Waals surface area contributed by atoms with Crippen molar-refractivity contribution in [2.45, 2.75) is 24.9 Å². The van der Waals surface area contributed by atoms with E-state index in [1.54, 1.807) is 23.5 Å². The zero-order chi connectivity index (χ0) is 27.1. The molecule has 0 aliphatic rings. The molecule has 0 unspecified atom stereocenters. The fraction of sp³-hybridized carbons (Fsp3) is 0.160. The van der Waals surface area contributed by atoms with Crippen LogP contribution in [0.1, 0.15) is 22.2 Å². The van der Waals surface area contributed by atoms with Gasteiger partial charge in [0.05, 0.1) is 17.4 Å². The molecular weight excluding hydrogens is 548 g/mol. The Balaban J connectivity index is 1.58. The molecule has 0 bridgehead atoms. The number of hydrogen-bond acceptors (Lipinski definition) is 7. The van der Waals surface area contributed by atoms with Gasteiger partial charge in [0.1, 0.15) is 11.0 Å². The maximum Gasteiger partial charge on any atom is 0.405 e. The van der Waals surface area contributed by atoms with Gasteiger partial charge in [0.25, 0.3) is 0 Å². The van der Waals surface area contributed by atoms with Gasteiger partial charge in [-0.3, -0.25) is 14.1 Å². The second-order valence-corrected chi connectivity index (χ2v) is 11.1. The average molecular weight is 573 g/mol. The molecule has 10 nitrogen and oxygen atoms in total. The number of benzene rings is 2.